The topological polar surface area (TPSA) is 68.2 Å². The number of anilines is 1. The Labute approximate surface area is 166 Å². The smallest absolute Gasteiger partial charge is 0.268 e. The van der Waals surface area contributed by atoms with Crippen molar-refractivity contribution in [2.45, 2.75) is 19.3 Å². The lowest BCUT2D eigenvalue weighted by molar-refractivity contribution is 0.0971. The van der Waals surface area contributed by atoms with Crippen molar-refractivity contribution in [2.75, 3.05) is 5.32 Å². The Bertz CT molecular complexity index is 1120. The highest BCUT2D eigenvalue weighted by molar-refractivity contribution is 6.30. The molecule has 6 heteroatoms. The molecular formula is C22H17ClN2O3. The summed E-state index contributed by atoms with van der Waals surface area (Å²) in [4.78, 5) is 38.5. The second kappa shape index (κ2) is 7.44. The molecule has 0 bridgehead atoms. The van der Waals surface area contributed by atoms with Gasteiger partial charge < -0.3 is 5.32 Å². The Kier molecular flexibility index (Phi) is 4.84. The molecule has 0 spiro atoms. The lowest BCUT2D eigenvalue weighted by Crippen LogP contribution is -2.33. The molecule has 1 aromatic heterocycles. The highest BCUT2D eigenvalue weighted by Gasteiger charge is 2.26. The van der Waals surface area contributed by atoms with Crippen LogP contribution in [0.15, 0.2) is 65.5 Å². The Morgan fingerprint density at radius 3 is 2.39 bits per heavy atom. The molecule has 0 aliphatic heterocycles. The average Bonchev–Trinajstić information content (AvgIpc) is 2.70. The minimum atomic E-state index is -0.557. The second-order valence-corrected chi connectivity index (χ2v) is 7.07. The largest absolute Gasteiger partial charge is 0.322 e. The maximum atomic E-state index is 13.2. The van der Waals surface area contributed by atoms with E-state index in [0.29, 0.717) is 46.9 Å². The average molecular weight is 393 g/mol. The van der Waals surface area contributed by atoms with E-state index in [4.69, 9.17) is 11.6 Å². The standard InChI is InChI=1S/C22H17ClN2O3/c23-14-9-11-15(12-10-14)24-21(27)18-13-17-19(7-4-8-20(17)26)25(22(18)28)16-5-2-1-3-6-16/h1-3,5-6,9-13H,4,7-8H2,(H,24,27). The van der Waals surface area contributed by atoms with Crippen LogP contribution in [-0.2, 0) is 6.42 Å². The number of Topliss-reactive ketones (excluding diaryl/α,β-unsaturated/α-hetero) is 1. The van der Waals surface area contributed by atoms with Crippen LogP contribution < -0.4 is 10.9 Å². The number of carbonyl (C=O) groups is 2. The van der Waals surface area contributed by atoms with E-state index in [1.807, 2.05) is 18.2 Å². The van der Waals surface area contributed by atoms with Crippen LogP contribution in [0.4, 0.5) is 5.69 Å². The first-order valence-electron chi connectivity index (χ1n) is 8.99. The third-order valence-corrected chi connectivity index (χ3v) is 5.03. The fraction of sp³-hybridized carbons (Fsp3) is 0.136. The molecule has 0 fully saturated rings. The van der Waals surface area contributed by atoms with Gasteiger partial charge in [-0.05, 0) is 55.3 Å². The molecule has 1 N–H and O–H groups in total. The quantitative estimate of drug-likeness (QED) is 0.724. The van der Waals surface area contributed by atoms with Gasteiger partial charge in [-0.1, -0.05) is 29.8 Å². The summed E-state index contributed by atoms with van der Waals surface area (Å²) in [7, 11) is 0. The van der Waals surface area contributed by atoms with E-state index in [-0.39, 0.29) is 11.3 Å². The van der Waals surface area contributed by atoms with Gasteiger partial charge in [0.1, 0.15) is 5.56 Å². The number of hydrogen-bond acceptors (Lipinski definition) is 3. The Hall–Kier alpha value is -3.18. The summed E-state index contributed by atoms with van der Waals surface area (Å²) in [5.41, 5.74) is 1.76. The predicted molar refractivity (Wildman–Crippen MR) is 109 cm³/mol. The number of aromatic nitrogens is 1. The molecule has 3 aromatic rings. The number of nitrogens with one attached hydrogen (secondary N) is 1. The molecule has 28 heavy (non-hydrogen) atoms. The van der Waals surface area contributed by atoms with E-state index in [0.717, 1.165) is 0 Å². The molecule has 0 radical (unpaired) electrons. The number of nitrogens with zero attached hydrogens (tertiary/aromatic N) is 1. The van der Waals surface area contributed by atoms with Gasteiger partial charge in [0.05, 0.1) is 0 Å². The van der Waals surface area contributed by atoms with E-state index >= 15 is 0 Å². The first-order valence-corrected chi connectivity index (χ1v) is 9.37. The minimum absolute atomic E-state index is 0.0496. The summed E-state index contributed by atoms with van der Waals surface area (Å²) in [5.74, 6) is -0.607. The Balaban J connectivity index is 1.85. The minimum Gasteiger partial charge on any atom is -0.322 e. The lowest BCUT2D eigenvalue weighted by Gasteiger charge is -2.21. The summed E-state index contributed by atoms with van der Waals surface area (Å²) < 4.78 is 1.49. The summed E-state index contributed by atoms with van der Waals surface area (Å²) >= 11 is 5.87. The van der Waals surface area contributed by atoms with Crippen LogP contribution in [-0.4, -0.2) is 16.3 Å². The highest BCUT2D eigenvalue weighted by atomic mass is 35.5. The fourth-order valence-electron chi connectivity index (χ4n) is 3.44. The molecular weight excluding hydrogens is 376 g/mol. The summed E-state index contributed by atoms with van der Waals surface area (Å²) in [6, 6.07) is 17.1. The molecule has 4 rings (SSSR count). The number of hydrogen-bond donors (Lipinski definition) is 1. The highest BCUT2D eigenvalue weighted by Crippen LogP contribution is 2.24. The molecule has 0 atom stereocenters. The molecule has 2 aromatic carbocycles. The number of ketones is 1. The van der Waals surface area contributed by atoms with Crippen molar-refractivity contribution in [3.63, 3.8) is 0 Å². The number of para-hydroxylation sites is 1. The second-order valence-electron chi connectivity index (χ2n) is 6.63. The molecule has 1 heterocycles. The third-order valence-electron chi connectivity index (χ3n) is 4.78. The van der Waals surface area contributed by atoms with Gasteiger partial charge in [0.2, 0.25) is 0 Å². The van der Waals surface area contributed by atoms with E-state index < -0.39 is 11.5 Å². The molecule has 140 valence electrons. The maximum Gasteiger partial charge on any atom is 0.268 e. The Morgan fingerprint density at radius 1 is 0.964 bits per heavy atom. The molecule has 5 nitrogen and oxygen atoms in total. The van der Waals surface area contributed by atoms with Gasteiger partial charge in [-0.15, -0.1) is 0 Å². The van der Waals surface area contributed by atoms with Gasteiger partial charge in [0.15, 0.2) is 5.78 Å². The summed E-state index contributed by atoms with van der Waals surface area (Å²) in [6.07, 6.45) is 1.72. The number of pyridine rings is 1. The molecule has 0 saturated carbocycles. The van der Waals surface area contributed by atoms with E-state index in [1.165, 1.54) is 10.6 Å². The monoisotopic (exact) mass is 392 g/mol. The molecule has 0 saturated heterocycles. The number of amides is 1. The van der Waals surface area contributed by atoms with Crippen molar-refractivity contribution in [3.05, 3.63) is 92.9 Å². The van der Waals surface area contributed by atoms with Crippen molar-refractivity contribution < 1.29 is 9.59 Å². The zero-order valence-electron chi connectivity index (χ0n) is 14.9. The first kappa shape index (κ1) is 18.2. The summed E-state index contributed by atoms with van der Waals surface area (Å²) in [5, 5.41) is 3.25. The number of benzene rings is 2. The SMILES string of the molecule is O=C1CCCc2c1cc(C(=O)Nc1ccc(Cl)cc1)c(=O)n2-c1ccccc1. The fourth-order valence-corrected chi connectivity index (χ4v) is 3.56. The number of halogens is 1. The number of fused-ring (bicyclic) bond motifs is 1. The van der Waals surface area contributed by atoms with Crippen LogP contribution in [0.1, 0.15) is 39.3 Å². The van der Waals surface area contributed by atoms with Gasteiger partial charge in [-0.3, -0.25) is 19.0 Å². The van der Waals surface area contributed by atoms with Gasteiger partial charge in [0.25, 0.3) is 11.5 Å². The van der Waals surface area contributed by atoms with Gasteiger partial charge in [0, 0.05) is 34.1 Å². The zero-order chi connectivity index (χ0) is 19.7. The van der Waals surface area contributed by atoms with Crippen LogP contribution in [0.25, 0.3) is 5.69 Å². The zero-order valence-corrected chi connectivity index (χ0v) is 15.7. The van der Waals surface area contributed by atoms with E-state index in [2.05, 4.69) is 5.32 Å². The first-order chi connectivity index (χ1) is 13.5. The van der Waals surface area contributed by atoms with Gasteiger partial charge in [-0.25, -0.2) is 0 Å². The van der Waals surface area contributed by atoms with E-state index in [1.54, 1.807) is 36.4 Å². The van der Waals surface area contributed by atoms with Crippen LogP contribution in [0, 0.1) is 0 Å². The van der Waals surface area contributed by atoms with Crippen LogP contribution in [0.2, 0.25) is 5.02 Å². The van der Waals surface area contributed by atoms with Crippen molar-refractivity contribution in [3.8, 4) is 5.69 Å². The predicted octanol–water partition coefficient (Wildman–Crippen LogP) is 4.26. The van der Waals surface area contributed by atoms with Crippen LogP contribution in [0.3, 0.4) is 0 Å². The van der Waals surface area contributed by atoms with Crippen LogP contribution >= 0.6 is 11.6 Å². The molecule has 1 aliphatic rings. The molecule has 1 amide bonds. The van der Waals surface area contributed by atoms with Gasteiger partial charge in [-0.2, -0.15) is 0 Å². The molecule has 0 unspecified atom stereocenters. The van der Waals surface area contributed by atoms with E-state index in [9.17, 15) is 14.4 Å². The van der Waals surface area contributed by atoms with Crippen molar-refractivity contribution in [2.24, 2.45) is 0 Å². The third kappa shape index (κ3) is 3.37. The normalized spacial score (nSPS) is 13.1. The Morgan fingerprint density at radius 2 is 1.68 bits per heavy atom. The molecule has 1 aliphatic carbocycles. The van der Waals surface area contributed by atoms with Crippen LogP contribution in [0.5, 0.6) is 0 Å². The van der Waals surface area contributed by atoms with Gasteiger partial charge >= 0.3 is 0 Å². The van der Waals surface area contributed by atoms with Crippen molar-refractivity contribution in [1.82, 2.24) is 4.57 Å². The van der Waals surface area contributed by atoms with Crippen molar-refractivity contribution in [1.29, 1.82) is 0 Å². The summed E-state index contributed by atoms with van der Waals surface area (Å²) in [6.45, 7) is 0. The maximum absolute atomic E-state index is 13.2. The lowest BCUT2D eigenvalue weighted by atomic mass is 9.92. The number of carbonyl (C=O) groups excluding carboxylic acids is 2. The number of rotatable bonds is 3. The van der Waals surface area contributed by atoms with Crippen molar-refractivity contribution >= 4 is 29.0 Å².